The van der Waals surface area contributed by atoms with E-state index >= 15 is 0 Å². The van der Waals surface area contributed by atoms with Crippen molar-refractivity contribution in [2.45, 2.75) is 45.4 Å². The predicted molar refractivity (Wildman–Crippen MR) is 104 cm³/mol. The molecule has 0 N–H and O–H groups in total. The van der Waals surface area contributed by atoms with Crippen molar-refractivity contribution in [1.29, 1.82) is 0 Å². The van der Waals surface area contributed by atoms with E-state index in [1.807, 2.05) is 17.9 Å². The molecule has 2 fully saturated rings. The van der Waals surface area contributed by atoms with E-state index < -0.39 is 0 Å². The summed E-state index contributed by atoms with van der Waals surface area (Å²) in [5.41, 5.74) is 1.79. The molecule has 2 saturated heterocycles. The van der Waals surface area contributed by atoms with Gasteiger partial charge in [0.25, 0.3) is 0 Å². The van der Waals surface area contributed by atoms with Crippen LogP contribution in [0, 0.1) is 12.8 Å². The summed E-state index contributed by atoms with van der Waals surface area (Å²) in [7, 11) is 0. The maximum Gasteiger partial charge on any atom is 0.236 e. The fourth-order valence-corrected chi connectivity index (χ4v) is 4.74. The van der Waals surface area contributed by atoms with Crippen LogP contribution in [0.3, 0.4) is 0 Å². The van der Waals surface area contributed by atoms with Gasteiger partial charge in [0.15, 0.2) is 5.76 Å². The van der Waals surface area contributed by atoms with Crippen molar-refractivity contribution in [1.82, 2.24) is 24.5 Å². The SMILES string of the molecule is Cc1cc(-c2snnc2C2CCCN(C(=O)CN3CCC(C)CC3)C2)on1. The van der Waals surface area contributed by atoms with E-state index in [2.05, 4.69) is 26.6 Å². The van der Waals surface area contributed by atoms with E-state index in [0.717, 1.165) is 60.4 Å². The van der Waals surface area contributed by atoms with E-state index in [1.54, 1.807) is 0 Å². The first-order chi connectivity index (χ1) is 13.1. The molecule has 2 aromatic rings. The van der Waals surface area contributed by atoms with E-state index in [9.17, 15) is 4.79 Å². The fraction of sp³-hybridized carbons (Fsp3) is 0.684. The Hall–Kier alpha value is -1.80. The second-order valence-corrected chi connectivity index (χ2v) is 8.71. The Morgan fingerprint density at radius 2 is 2.11 bits per heavy atom. The van der Waals surface area contributed by atoms with Crippen LogP contribution in [0.1, 0.15) is 49.9 Å². The molecule has 2 aliphatic heterocycles. The zero-order chi connectivity index (χ0) is 18.8. The molecule has 2 aliphatic rings. The zero-order valence-corrected chi connectivity index (χ0v) is 16.9. The lowest BCUT2D eigenvalue weighted by molar-refractivity contribution is -0.134. The topological polar surface area (TPSA) is 75.4 Å². The molecule has 0 spiro atoms. The van der Waals surface area contributed by atoms with Crippen LogP contribution in [0.15, 0.2) is 10.6 Å². The summed E-state index contributed by atoms with van der Waals surface area (Å²) in [6.07, 6.45) is 4.41. The van der Waals surface area contributed by atoms with Gasteiger partial charge in [-0.1, -0.05) is 16.6 Å². The summed E-state index contributed by atoms with van der Waals surface area (Å²) >= 11 is 1.34. The number of carbonyl (C=O) groups is 1. The number of aryl methyl sites for hydroxylation is 1. The van der Waals surface area contributed by atoms with Gasteiger partial charge in [0, 0.05) is 25.1 Å². The first-order valence-corrected chi connectivity index (χ1v) is 10.6. The normalized spacial score (nSPS) is 22.3. The minimum atomic E-state index is 0.211. The molecule has 2 aromatic heterocycles. The molecular formula is C19H27N5O2S. The lowest BCUT2D eigenvalue weighted by Crippen LogP contribution is -2.46. The smallest absolute Gasteiger partial charge is 0.236 e. The zero-order valence-electron chi connectivity index (χ0n) is 16.1. The number of likely N-dealkylation sites (tertiary alicyclic amines) is 2. The monoisotopic (exact) mass is 389 g/mol. The lowest BCUT2D eigenvalue weighted by Gasteiger charge is -2.35. The molecule has 27 heavy (non-hydrogen) atoms. The summed E-state index contributed by atoms with van der Waals surface area (Å²) in [4.78, 5) is 18.1. The van der Waals surface area contributed by atoms with Gasteiger partial charge < -0.3 is 9.42 Å². The molecule has 1 unspecified atom stereocenters. The van der Waals surface area contributed by atoms with Gasteiger partial charge >= 0.3 is 0 Å². The number of amides is 1. The second kappa shape index (κ2) is 8.06. The van der Waals surface area contributed by atoms with Crippen molar-refractivity contribution < 1.29 is 9.32 Å². The van der Waals surface area contributed by atoms with Crippen LogP contribution in [0.5, 0.6) is 0 Å². The van der Waals surface area contributed by atoms with Crippen LogP contribution in [-0.4, -0.2) is 63.2 Å². The van der Waals surface area contributed by atoms with Crippen LogP contribution in [-0.2, 0) is 4.79 Å². The van der Waals surface area contributed by atoms with Crippen LogP contribution in [0.4, 0.5) is 0 Å². The maximum atomic E-state index is 12.8. The van der Waals surface area contributed by atoms with Crippen LogP contribution in [0.2, 0.25) is 0 Å². The molecule has 0 saturated carbocycles. The molecule has 0 aliphatic carbocycles. The summed E-state index contributed by atoms with van der Waals surface area (Å²) in [6, 6.07) is 1.92. The van der Waals surface area contributed by atoms with E-state index in [1.165, 1.54) is 24.4 Å². The van der Waals surface area contributed by atoms with Gasteiger partial charge in [-0.3, -0.25) is 9.69 Å². The highest BCUT2D eigenvalue weighted by Crippen LogP contribution is 2.35. The van der Waals surface area contributed by atoms with Crippen molar-refractivity contribution in [2.24, 2.45) is 5.92 Å². The third-order valence-electron chi connectivity index (χ3n) is 5.76. The standard InChI is InChI=1S/C19H27N5O2S/c1-13-5-8-23(9-6-13)12-17(25)24-7-3-4-15(11-24)18-19(27-22-20-18)16-10-14(2)21-26-16/h10,13,15H,3-9,11-12H2,1-2H3. The molecule has 8 heteroatoms. The van der Waals surface area contributed by atoms with Gasteiger partial charge in [0.05, 0.1) is 17.9 Å². The van der Waals surface area contributed by atoms with Gasteiger partial charge in [-0.05, 0) is 63.1 Å². The van der Waals surface area contributed by atoms with Gasteiger partial charge in [-0.2, -0.15) is 0 Å². The third-order valence-corrected chi connectivity index (χ3v) is 6.52. The molecule has 4 rings (SSSR count). The lowest BCUT2D eigenvalue weighted by atomic mass is 9.93. The number of carbonyl (C=O) groups excluding carboxylic acids is 1. The molecule has 146 valence electrons. The number of aromatic nitrogens is 3. The van der Waals surface area contributed by atoms with Crippen LogP contribution in [0.25, 0.3) is 10.6 Å². The summed E-state index contributed by atoms with van der Waals surface area (Å²) in [5.74, 6) is 1.96. The summed E-state index contributed by atoms with van der Waals surface area (Å²) in [5, 5.41) is 8.35. The summed E-state index contributed by atoms with van der Waals surface area (Å²) < 4.78 is 9.56. The van der Waals surface area contributed by atoms with Gasteiger partial charge in [-0.25, -0.2) is 0 Å². The minimum Gasteiger partial charge on any atom is -0.355 e. The first kappa shape index (κ1) is 18.6. The minimum absolute atomic E-state index is 0.211. The van der Waals surface area contributed by atoms with Gasteiger partial charge in [-0.15, -0.1) is 5.10 Å². The molecule has 1 amide bonds. The first-order valence-electron chi connectivity index (χ1n) is 9.86. The highest BCUT2D eigenvalue weighted by molar-refractivity contribution is 7.09. The Balaban J connectivity index is 1.41. The number of rotatable bonds is 4. The number of hydrogen-bond acceptors (Lipinski definition) is 7. The highest BCUT2D eigenvalue weighted by Gasteiger charge is 2.30. The quantitative estimate of drug-likeness (QED) is 0.800. The number of piperidine rings is 2. The van der Waals surface area contributed by atoms with Crippen molar-refractivity contribution in [2.75, 3.05) is 32.7 Å². The molecule has 0 aromatic carbocycles. The van der Waals surface area contributed by atoms with Crippen molar-refractivity contribution in [3.63, 3.8) is 0 Å². The van der Waals surface area contributed by atoms with Gasteiger partial charge in [0.2, 0.25) is 5.91 Å². The molecular weight excluding hydrogens is 362 g/mol. The number of nitrogens with zero attached hydrogens (tertiary/aromatic N) is 5. The van der Waals surface area contributed by atoms with E-state index in [4.69, 9.17) is 4.52 Å². The number of hydrogen-bond donors (Lipinski definition) is 0. The Kier molecular flexibility index (Phi) is 5.54. The molecule has 4 heterocycles. The van der Waals surface area contributed by atoms with E-state index in [0.29, 0.717) is 13.1 Å². The Labute approximate surface area is 163 Å². The average molecular weight is 390 g/mol. The van der Waals surface area contributed by atoms with Crippen LogP contribution >= 0.6 is 11.5 Å². The fourth-order valence-electron chi connectivity index (χ4n) is 4.04. The van der Waals surface area contributed by atoms with Gasteiger partial charge in [0.1, 0.15) is 4.88 Å². The maximum absolute atomic E-state index is 12.8. The Morgan fingerprint density at radius 1 is 1.30 bits per heavy atom. The second-order valence-electron chi connectivity index (χ2n) is 7.96. The third kappa shape index (κ3) is 4.21. The average Bonchev–Trinajstić information content (AvgIpc) is 3.32. The van der Waals surface area contributed by atoms with Crippen molar-refractivity contribution >= 4 is 17.4 Å². The van der Waals surface area contributed by atoms with E-state index in [-0.39, 0.29) is 11.8 Å². The van der Waals surface area contributed by atoms with Crippen LogP contribution < -0.4 is 0 Å². The van der Waals surface area contributed by atoms with Crippen molar-refractivity contribution in [3.05, 3.63) is 17.5 Å². The van der Waals surface area contributed by atoms with Crippen molar-refractivity contribution in [3.8, 4) is 10.6 Å². The molecule has 1 atom stereocenters. The molecule has 7 nitrogen and oxygen atoms in total. The predicted octanol–water partition coefficient (Wildman–Crippen LogP) is 2.94. The molecule has 0 radical (unpaired) electrons. The Morgan fingerprint density at radius 3 is 2.85 bits per heavy atom. The Bertz CT molecular complexity index is 781. The molecule has 0 bridgehead atoms. The highest BCUT2D eigenvalue weighted by atomic mass is 32.1. The summed E-state index contributed by atoms with van der Waals surface area (Å²) in [6.45, 7) is 8.38. The largest absolute Gasteiger partial charge is 0.355 e.